The van der Waals surface area contributed by atoms with E-state index in [1.54, 1.807) is 6.92 Å². The topological polar surface area (TPSA) is 68.0 Å². The molecule has 4 aromatic rings. The van der Waals surface area contributed by atoms with Crippen LogP contribution in [0.4, 0.5) is 0 Å². The Morgan fingerprint density at radius 1 is 1.07 bits per heavy atom. The molecule has 1 N–H and O–H groups in total. The van der Waals surface area contributed by atoms with E-state index >= 15 is 0 Å². The van der Waals surface area contributed by atoms with Crippen molar-refractivity contribution < 1.29 is 9.32 Å². The summed E-state index contributed by atoms with van der Waals surface area (Å²) in [6.07, 6.45) is 0. The first-order valence-corrected chi connectivity index (χ1v) is 10.4. The molecule has 1 amide bonds. The highest BCUT2D eigenvalue weighted by Crippen LogP contribution is 2.27. The van der Waals surface area contributed by atoms with Crippen molar-refractivity contribution in [3.8, 4) is 0 Å². The van der Waals surface area contributed by atoms with Crippen molar-refractivity contribution in [2.45, 2.75) is 30.5 Å². The van der Waals surface area contributed by atoms with Crippen LogP contribution in [0, 0.1) is 6.92 Å². The van der Waals surface area contributed by atoms with Gasteiger partial charge in [-0.1, -0.05) is 59.8 Å². The van der Waals surface area contributed by atoms with Gasteiger partial charge in [0.1, 0.15) is 0 Å². The lowest BCUT2D eigenvalue weighted by atomic mass is 9.99. The molecule has 5 nitrogen and oxygen atoms in total. The second-order valence-electron chi connectivity index (χ2n) is 6.78. The third-order valence-electron chi connectivity index (χ3n) is 4.70. The lowest BCUT2D eigenvalue weighted by Gasteiger charge is -2.18. The van der Waals surface area contributed by atoms with Crippen molar-refractivity contribution in [2.75, 3.05) is 0 Å². The molecule has 0 aliphatic heterocycles. The Kier molecular flexibility index (Phi) is 5.62. The third-order valence-corrected chi connectivity index (χ3v) is 5.77. The van der Waals surface area contributed by atoms with Gasteiger partial charge < -0.3 is 9.84 Å². The van der Waals surface area contributed by atoms with E-state index in [0.29, 0.717) is 23.0 Å². The fraction of sp³-hybridized carbons (Fsp3) is 0.174. The van der Waals surface area contributed by atoms with Crippen molar-refractivity contribution in [2.24, 2.45) is 0 Å². The van der Waals surface area contributed by atoms with Gasteiger partial charge in [0.05, 0.1) is 17.4 Å². The molecule has 3 aromatic carbocycles. The van der Waals surface area contributed by atoms with Gasteiger partial charge in [-0.25, -0.2) is 0 Å². The summed E-state index contributed by atoms with van der Waals surface area (Å²) >= 11 is 1.52. The van der Waals surface area contributed by atoms with Crippen LogP contribution < -0.4 is 5.32 Å². The lowest BCUT2D eigenvalue weighted by Crippen LogP contribution is -2.27. The summed E-state index contributed by atoms with van der Waals surface area (Å²) in [6.45, 7) is 3.77. The fourth-order valence-electron chi connectivity index (χ4n) is 3.30. The molecule has 0 fully saturated rings. The minimum atomic E-state index is -0.119. The average Bonchev–Trinajstić information content (AvgIpc) is 3.17. The molecule has 146 valence electrons. The molecule has 0 aliphatic carbocycles. The molecule has 1 atom stereocenters. The predicted octanol–water partition coefficient (Wildman–Crippen LogP) is 5.31. The number of carbonyl (C=O) groups is 1. The van der Waals surface area contributed by atoms with Gasteiger partial charge in [0.25, 0.3) is 5.91 Å². The highest BCUT2D eigenvalue weighted by molar-refractivity contribution is 7.98. The minimum absolute atomic E-state index is 0.0992. The van der Waals surface area contributed by atoms with Crippen LogP contribution in [0.3, 0.4) is 0 Å². The van der Waals surface area contributed by atoms with Crippen LogP contribution in [0.5, 0.6) is 0 Å². The van der Waals surface area contributed by atoms with E-state index in [1.807, 2.05) is 49.4 Å². The summed E-state index contributed by atoms with van der Waals surface area (Å²) in [6, 6.07) is 21.8. The SMILES string of the molecule is Cc1nc(CSc2ccccc2C(=O)NC(C)c2cccc3ccccc23)no1. The van der Waals surface area contributed by atoms with Crippen LogP contribution in [0.2, 0.25) is 0 Å². The second-order valence-corrected chi connectivity index (χ2v) is 7.80. The van der Waals surface area contributed by atoms with Gasteiger partial charge in [0.15, 0.2) is 5.82 Å². The Hall–Kier alpha value is -3.12. The molecule has 0 aliphatic rings. The van der Waals surface area contributed by atoms with Gasteiger partial charge in [-0.15, -0.1) is 11.8 Å². The Labute approximate surface area is 173 Å². The molecule has 0 radical (unpaired) electrons. The maximum atomic E-state index is 13.0. The van der Waals surface area contributed by atoms with E-state index in [4.69, 9.17) is 4.52 Å². The molecular weight excluding hydrogens is 382 g/mol. The number of fused-ring (bicyclic) bond motifs is 1. The number of aromatic nitrogens is 2. The molecule has 6 heteroatoms. The standard InChI is InChI=1S/C23H21N3O2S/c1-15(18-12-7-9-17-8-3-4-10-19(17)18)24-23(27)20-11-5-6-13-21(20)29-14-22-25-16(2)28-26-22/h3-13,15H,14H2,1-2H3,(H,24,27). The number of amides is 1. The quantitative estimate of drug-likeness (QED) is 0.442. The summed E-state index contributed by atoms with van der Waals surface area (Å²) in [5, 5.41) is 9.38. The zero-order valence-corrected chi connectivity index (χ0v) is 17.1. The Bertz CT molecular complexity index is 1150. The molecule has 1 heterocycles. The smallest absolute Gasteiger partial charge is 0.252 e. The van der Waals surface area contributed by atoms with Crippen molar-refractivity contribution in [1.82, 2.24) is 15.5 Å². The Morgan fingerprint density at radius 2 is 1.83 bits per heavy atom. The summed E-state index contributed by atoms with van der Waals surface area (Å²) in [5.74, 6) is 1.60. The maximum absolute atomic E-state index is 13.0. The highest BCUT2D eigenvalue weighted by Gasteiger charge is 2.17. The van der Waals surface area contributed by atoms with Gasteiger partial charge >= 0.3 is 0 Å². The van der Waals surface area contributed by atoms with E-state index in [0.717, 1.165) is 21.2 Å². The number of nitrogens with zero attached hydrogens (tertiary/aromatic N) is 2. The number of nitrogens with one attached hydrogen (secondary N) is 1. The summed E-state index contributed by atoms with van der Waals surface area (Å²) in [4.78, 5) is 18.1. The molecule has 0 bridgehead atoms. The van der Waals surface area contributed by atoms with Crippen LogP contribution in [0.1, 0.15) is 40.6 Å². The fourth-order valence-corrected chi connectivity index (χ4v) is 4.20. The number of carbonyl (C=O) groups excluding carboxylic acids is 1. The maximum Gasteiger partial charge on any atom is 0.252 e. The second kappa shape index (κ2) is 8.49. The van der Waals surface area contributed by atoms with Crippen molar-refractivity contribution >= 4 is 28.4 Å². The van der Waals surface area contributed by atoms with Gasteiger partial charge in [0.2, 0.25) is 5.89 Å². The first-order chi connectivity index (χ1) is 14.1. The Balaban J connectivity index is 1.52. The van der Waals surface area contributed by atoms with E-state index in [-0.39, 0.29) is 11.9 Å². The van der Waals surface area contributed by atoms with Gasteiger partial charge in [0, 0.05) is 11.8 Å². The van der Waals surface area contributed by atoms with Crippen molar-refractivity contribution in [1.29, 1.82) is 0 Å². The van der Waals surface area contributed by atoms with Crippen molar-refractivity contribution in [3.05, 3.63) is 89.6 Å². The molecule has 1 aromatic heterocycles. The average molecular weight is 404 g/mol. The van der Waals surface area contributed by atoms with E-state index < -0.39 is 0 Å². The molecule has 0 saturated carbocycles. The summed E-state index contributed by atoms with van der Waals surface area (Å²) < 4.78 is 5.01. The molecule has 0 spiro atoms. The largest absolute Gasteiger partial charge is 0.345 e. The van der Waals surface area contributed by atoms with Gasteiger partial charge in [-0.2, -0.15) is 4.98 Å². The number of rotatable bonds is 6. The summed E-state index contributed by atoms with van der Waals surface area (Å²) in [7, 11) is 0. The van der Waals surface area contributed by atoms with Crippen LogP contribution >= 0.6 is 11.8 Å². The van der Waals surface area contributed by atoms with Crippen LogP contribution in [0.25, 0.3) is 10.8 Å². The minimum Gasteiger partial charge on any atom is -0.345 e. The highest BCUT2D eigenvalue weighted by atomic mass is 32.2. The van der Waals surface area contributed by atoms with Gasteiger partial charge in [-0.3, -0.25) is 4.79 Å². The molecule has 4 rings (SSSR count). The van der Waals surface area contributed by atoms with Crippen LogP contribution in [-0.4, -0.2) is 16.0 Å². The van der Waals surface area contributed by atoms with E-state index in [9.17, 15) is 4.79 Å². The number of aryl methyl sites for hydroxylation is 1. The van der Waals surface area contributed by atoms with Crippen LogP contribution in [0.15, 0.2) is 76.1 Å². The van der Waals surface area contributed by atoms with Crippen molar-refractivity contribution in [3.63, 3.8) is 0 Å². The Morgan fingerprint density at radius 3 is 2.66 bits per heavy atom. The zero-order valence-electron chi connectivity index (χ0n) is 16.3. The first-order valence-electron chi connectivity index (χ1n) is 9.41. The predicted molar refractivity (Wildman–Crippen MR) is 115 cm³/mol. The normalized spacial score (nSPS) is 12.1. The molecule has 0 saturated heterocycles. The number of benzene rings is 3. The number of hydrogen-bond acceptors (Lipinski definition) is 5. The first kappa shape index (κ1) is 19.2. The van der Waals surface area contributed by atoms with E-state index in [2.05, 4.69) is 39.7 Å². The monoisotopic (exact) mass is 403 g/mol. The number of hydrogen-bond donors (Lipinski definition) is 1. The lowest BCUT2D eigenvalue weighted by molar-refractivity contribution is 0.0937. The summed E-state index contributed by atoms with van der Waals surface area (Å²) in [5.41, 5.74) is 1.74. The molecule has 1 unspecified atom stereocenters. The van der Waals surface area contributed by atoms with Gasteiger partial charge in [-0.05, 0) is 35.4 Å². The zero-order chi connectivity index (χ0) is 20.2. The van der Waals surface area contributed by atoms with E-state index in [1.165, 1.54) is 11.8 Å². The third kappa shape index (κ3) is 4.32. The molecular formula is C23H21N3O2S. The number of thioether (sulfide) groups is 1. The van der Waals surface area contributed by atoms with Crippen LogP contribution in [-0.2, 0) is 5.75 Å². The molecule has 29 heavy (non-hydrogen) atoms.